The van der Waals surface area contributed by atoms with Crippen LogP contribution in [0.25, 0.3) is 11.3 Å². The molecule has 12 heteroatoms. The highest BCUT2D eigenvalue weighted by Crippen LogP contribution is 2.44. The van der Waals surface area contributed by atoms with Crippen molar-refractivity contribution in [1.29, 1.82) is 0 Å². The zero-order valence-corrected chi connectivity index (χ0v) is 21.0. The molecule has 3 N–H and O–H groups in total. The minimum atomic E-state index is -3.79. The smallest absolute Gasteiger partial charge is 0.238 e. The fourth-order valence-corrected chi connectivity index (χ4v) is 6.90. The first-order valence-corrected chi connectivity index (χ1v) is 14.1. The number of sulfonamides is 1. The summed E-state index contributed by atoms with van der Waals surface area (Å²) in [5.41, 5.74) is 2.56. The Labute approximate surface area is 206 Å². The largest absolute Gasteiger partial charge is 0.340 e. The molecule has 4 heterocycles. The summed E-state index contributed by atoms with van der Waals surface area (Å²) in [4.78, 5) is 28.6. The fraction of sp³-hybridized carbons (Fsp3) is 0.318. The number of carbonyl (C=O) groups excluding carboxylic acids is 1. The number of primary sulfonamides is 1. The number of hydrogen-bond donors (Lipinski definition) is 2. The van der Waals surface area contributed by atoms with Gasteiger partial charge in [0, 0.05) is 72.6 Å². The molecule has 1 fully saturated rings. The molecule has 0 radical (unpaired) electrons. The summed E-state index contributed by atoms with van der Waals surface area (Å²) in [7, 11) is -3.79. The normalized spacial score (nSPS) is 16.1. The van der Waals surface area contributed by atoms with Crippen molar-refractivity contribution in [3.05, 3.63) is 46.3 Å². The molecule has 2 aliphatic heterocycles. The van der Waals surface area contributed by atoms with Gasteiger partial charge in [-0.15, -0.1) is 23.1 Å². The number of aromatic nitrogens is 2. The first-order chi connectivity index (χ1) is 16.3. The molecule has 1 saturated heterocycles. The number of thioether (sulfide) groups is 1. The highest BCUT2D eigenvalue weighted by Gasteiger charge is 2.24. The second kappa shape index (κ2) is 9.27. The van der Waals surface area contributed by atoms with E-state index in [0.29, 0.717) is 11.6 Å². The number of benzene rings is 1. The topological polar surface area (TPSA) is 122 Å². The summed E-state index contributed by atoms with van der Waals surface area (Å²) in [6.45, 7) is 5.78. The van der Waals surface area contributed by atoms with E-state index in [4.69, 9.17) is 10.1 Å². The number of amides is 1. The van der Waals surface area contributed by atoms with Crippen LogP contribution in [0.15, 0.2) is 46.3 Å². The Morgan fingerprint density at radius 3 is 2.74 bits per heavy atom. The maximum absolute atomic E-state index is 11.7. The highest BCUT2D eigenvalue weighted by molar-refractivity contribution is 7.98. The van der Waals surface area contributed by atoms with Crippen LogP contribution >= 0.6 is 23.1 Å². The number of hydrogen-bond acceptors (Lipinski definition) is 9. The lowest BCUT2D eigenvalue weighted by atomic mass is 10.1. The molecule has 0 spiro atoms. The van der Waals surface area contributed by atoms with Gasteiger partial charge in [-0.1, -0.05) is 6.07 Å². The standard InChI is InChI=1S/C22H24N6O3S3/c1-14(29)28-7-5-27(6-8-28)12-16-10-18-20(33-16)13-32-19-11-24-22(26-21(18)19)25-15-3-2-4-17(9-15)34(23,30)31/h2-4,9-11H,5-8,12-13H2,1H3,(H2,23,30,31)(H,24,25,26). The number of nitrogens with zero attached hydrogens (tertiary/aromatic N) is 4. The van der Waals surface area contributed by atoms with Crippen molar-refractivity contribution in [3.63, 3.8) is 0 Å². The molecule has 9 nitrogen and oxygen atoms in total. The molecule has 5 rings (SSSR count). The molecule has 0 unspecified atom stereocenters. The molecule has 34 heavy (non-hydrogen) atoms. The quantitative estimate of drug-likeness (QED) is 0.531. The average molecular weight is 517 g/mol. The van der Waals surface area contributed by atoms with Gasteiger partial charge < -0.3 is 10.2 Å². The molecule has 0 saturated carbocycles. The van der Waals surface area contributed by atoms with Crippen molar-refractivity contribution in [3.8, 4) is 11.3 Å². The van der Waals surface area contributed by atoms with E-state index >= 15 is 0 Å². The summed E-state index contributed by atoms with van der Waals surface area (Å²) in [5, 5.41) is 8.34. The number of carbonyl (C=O) groups is 1. The first kappa shape index (κ1) is 23.2. The molecule has 0 atom stereocenters. The van der Waals surface area contributed by atoms with Crippen LogP contribution in [0.3, 0.4) is 0 Å². The average Bonchev–Trinajstić information content (AvgIpc) is 3.22. The van der Waals surface area contributed by atoms with Gasteiger partial charge in [-0.3, -0.25) is 9.69 Å². The number of piperazine rings is 1. The SMILES string of the molecule is CC(=O)N1CCN(Cc2cc3c(s2)CSc2cnc(Nc4cccc(S(N)(=O)=O)c4)nc2-3)CC1. The van der Waals surface area contributed by atoms with Crippen LogP contribution in [0.1, 0.15) is 16.7 Å². The molecular formula is C22H24N6O3S3. The third kappa shape index (κ3) is 4.96. The minimum Gasteiger partial charge on any atom is -0.340 e. The predicted octanol–water partition coefficient (Wildman–Crippen LogP) is 2.87. The van der Waals surface area contributed by atoms with Crippen molar-refractivity contribution in [2.75, 3.05) is 31.5 Å². The Kier molecular flexibility index (Phi) is 6.34. The molecule has 1 aromatic carbocycles. The number of anilines is 2. The number of nitrogens with one attached hydrogen (secondary N) is 1. The summed E-state index contributed by atoms with van der Waals surface area (Å²) < 4.78 is 23.3. The van der Waals surface area contributed by atoms with E-state index < -0.39 is 10.0 Å². The van der Waals surface area contributed by atoms with Crippen LogP contribution in [0.2, 0.25) is 0 Å². The lowest BCUT2D eigenvalue weighted by Crippen LogP contribution is -2.47. The van der Waals surface area contributed by atoms with E-state index in [2.05, 4.69) is 21.3 Å². The maximum atomic E-state index is 11.7. The lowest BCUT2D eigenvalue weighted by molar-refractivity contribution is -0.130. The molecular weight excluding hydrogens is 492 g/mol. The highest BCUT2D eigenvalue weighted by atomic mass is 32.2. The molecule has 3 aromatic rings. The Morgan fingerprint density at radius 1 is 1.21 bits per heavy atom. The minimum absolute atomic E-state index is 0.0277. The van der Waals surface area contributed by atoms with E-state index in [0.717, 1.165) is 54.6 Å². The van der Waals surface area contributed by atoms with Gasteiger partial charge in [0.1, 0.15) is 0 Å². The van der Waals surface area contributed by atoms with Gasteiger partial charge in [0.2, 0.25) is 21.9 Å². The lowest BCUT2D eigenvalue weighted by Gasteiger charge is -2.33. The number of thiophene rings is 1. The van der Waals surface area contributed by atoms with Crippen molar-refractivity contribution in [2.45, 2.75) is 29.0 Å². The van der Waals surface area contributed by atoms with Crippen LogP contribution < -0.4 is 10.5 Å². The van der Waals surface area contributed by atoms with Crippen molar-refractivity contribution >= 4 is 50.7 Å². The van der Waals surface area contributed by atoms with Crippen LogP contribution in [0, 0.1) is 0 Å². The fourth-order valence-electron chi connectivity index (χ4n) is 4.06. The third-order valence-electron chi connectivity index (χ3n) is 5.84. The molecule has 2 aromatic heterocycles. The number of fused-ring (bicyclic) bond motifs is 3. The van der Waals surface area contributed by atoms with Crippen LogP contribution in [-0.4, -0.2) is 60.3 Å². The predicted molar refractivity (Wildman–Crippen MR) is 134 cm³/mol. The summed E-state index contributed by atoms with van der Waals surface area (Å²) in [6.07, 6.45) is 1.81. The zero-order chi connectivity index (χ0) is 23.9. The molecule has 1 amide bonds. The summed E-state index contributed by atoms with van der Waals surface area (Å²) in [6, 6.07) is 8.49. The van der Waals surface area contributed by atoms with Crippen LogP contribution in [0.4, 0.5) is 11.6 Å². The summed E-state index contributed by atoms with van der Waals surface area (Å²) in [5.74, 6) is 1.42. The van der Waals surface area contributed by atoms with Gasteiger partial charge in [-0.2, -0.15) is 0 Å². The van der Waals surface area contributed by atoms with E-state index in [1.165, 1.54) is 21.9 Å². The van der Waals surface area contributed by atoms with Gasteiger partial charge in [0.05, 0.1) is 15.5 Å². The molecule has 178 valence electrons. The molecule has 0 aliphatic carbocycles. The van der Waals surface area contributed by atoms with Crippen molar-refractivity contribution < 1.29 is 13.2 Å². The van der Waals surface area contributed by atoms with Gasteiger partial charge >= 0.3 is 0 Å². The van der Waals surface area contributed by atoms with Crippen molar-refractivity contribution in [2.24, 2.45) is 5.14 Å². The van der Waals surface area contributed by atoms with Crippen molar-refractivity contribution in [1.82, 2.24) is 19.8 Å². The van der Waals surface area contributed by atoms with Crippen LogP contribution in [0.5, 0.6) is 0 Å². The van der Waals surface area contributed by atoms with E-state index in [1.807, 2.05) is 16.2 Å². The Hall–Kier alpha value is -2.51. The van der Waals surface area contributed by atoms with E-state index in [9.17, 15) is 13.2 Å². The summed E-state index contributed by atoms with van der Waals surface area (Å²) >= 11 is 3.53. The molecule has 0 bridgehead atoms. The van der Waals surface area contributed by atoms with Gasteiger partial charge in [0.25, 0.3) is 0 Å². The third-order valence-corrected chi connectivity index (χ3v) is 9.10. The second-order valence-electron chi connectivity index (χ2n) is 8.22. The van der Waals surface area contributed by atoms with E-state index in [1.54, 1.807) is 37.0 Å². The molecule has 2 aliphatic rings. The van der Waals surface area contributed by atoms with Gasteiger partial charge in [-0.25, -0.2) is 23.5 Å². The number of nitrogens with two attached hydrogens (primary N) is 1. The Morgan fingerprint density at radius 2 is 2.00 bits per heavy atom. The van der Waals surface area contributed by atoms with E-state index in [-0.39, 0.29) is 10.8 Å². The monoisotopic (exact) mass is 516 g/mol. The Balaban J connectivity index is 1.35. The number of rotatable bonds is 5. The Bertz CT molecular complexity index is 1350. The maximum Gasteiger partial charge on any atom is 0.238 e. The first-order valence-electron chi connectivity index (χ1n) is 10.8. The second-order valence-corrected chi connectivity index (χ2v) is 12.0. The van der Waals surface area contributed by atoms with Gasteiger partial charge in [0.15, 0.2) is 0 Å². The zero-order valence-electron chi connectivity index (χ0n) is 18.5. The van der Waals surface area contributed by atoms with Crippen LogP contribution in [-0.2, 0) is 27.1 Å². The van der Waals surface area contributed by atoms with Gasteiger partial charge in [-0.05, 0) is 24.3 Å².